The van der Waals surface area contributed by atoms with Crippen LogP contribution in [0, 0.1) is 12.8 Å². The van der Waals surface area contributed by atoms with E-state index in [1.54, 1.807) is 23.1 Å². The lowest BCUT2D eigenvalue weighted by atomic mass is 10.1. The maximum absolute atomic E-state index is 12.5. The third-order valence-corrected chi connectivity index (χ3v) is 4.38. The Labute approximate surface area is 150 Å². The Balaban J connectivity index is 1.72. The molecule has 1 saturated heterocycles. The zero-order valence-electron chi connectivity index (χ0n) is 13.1. The second kappa shape index (κ2) is 6.83. The number of rotatable bonds is 3. The van der Waals surface area contributed by atoms with E-state index < -0.39 is 5.92 Å². The Bertz CT molecular complexity index is 787. The standard InChI is InChI=1S/C18H16Cl2N2O2/c1-11-3-2-4-16(5-11)22-10-12(6-17(22)23)18(24)21-15-8-13(19)7-14(20)9-15/h2-5,7-9,12H,6,10H2,1H3,(H,21,24). The average molecular weight is 363 g/mol. The van der Waals surface area contributed by atoms with Crippen molar-refractivity contribution < 1.29 is 9.59 Å². The molecule has 0 saturated carbocycles. The molecule has 0 spiro atoms. The van der Waals surface area contributed by atoms with Crippen LogP contribution >= 0.6 is 23.2 Å². The predicted molar refractivity (Wildman–Crippen MR) is 96.7 cm³/mol. The maximum atomic E-state index is 12.5. The van der Waals surface area contributed by atoms with Crippen molar-refractivity contribution in [2.45, 2.75) is 13.3 Å². The van der Waals surface area contributed by atoms with Gasteiger partial charge in [0.05, 0.1) is 5.92 Å². The van der Waals surface area contributed by atoms with Crippen LogP contribution in [-0.2, 0) is 9.59 Å². The summed E-state index contributed by atoms with van der Waals surface area (Å²) in [4.78, 5) is 26.4. The molecule has 0 bridgehead atoms. The summed E-state index contributed by atoms with van der Waals surface area (Å²) in [6.45, 7) is 2.33. The topological polar surface area (TPSA) is 49.4 Å². The minimum atomic E-state index is -0.407. The Morgan fingerprint density at radius 1 is 1.17 bits per heavy atom. The summed E-state index contributed by atoms with van der Waals surface area (Å²) >= 11 is 11.9. The summed E-state index contributed by atoms with van der Waals surface area (Å²) in [5.74, 6) is -0.669. The molecular weight excluding hydrogens is 347 g/mol. The number of nitrogens with zero attached hydrogens (tertiary/aromatic N) is 1. The van der Waals surface area contributed by atoms with E-state index in [4.69, 9.17) is 23.2 Å². The zero-order valence-corrected chi connectivity index (χ0v) is 14.6. The van der Waals surface area contributed by atoms with Crippen LogP contribution in [0.3, 0.4) is 0 Å². The first kappa shape index (κ1) is 16.8. The van der Waals surface area contributed by atoms with Gasteiger partial charge in [-0.2, -0.15) is 0 Å². The van der Waals surface area contributed by atoms with Crippen molar-refractivity contribution in [3.05, 3.63) is 58.1 Å². The first-order valence-electron chi connectivity index (χ1n) is 7.56. The largest absolute Gasteiger partial charge is 0.326 e. The summed E-state index contributed by atoms with van der Waals surface area (Å²) in [6.07, 6.45) is 0.189. The SMILES string of the molecule is Cc1cccc(N2CC(C(=O)Nc3cc(Cl)cc(Cl)c3)CC2=O)c1. The molecule has 2 aromatic rings. The van der Waals surface area contributed by atoms with E-state index in [2.05, 4.69) is 5.32 Å². The predicted octanol–water partition coefficient (Wildman–Crippen LogP) is 4.29. The Morgan fingerprint density at radius 2 is 1.88 bits per heavy atom. The van der Waals surface area contributed by atoms with Gasteiger partial charge in [0.15, 0.2) is 0 Å². The van der Waals surface area contributed by atoms with Crippen LogP contribution in [0.2, 0.25) is 10.0 Å². The number of amides is 2. The molecule has 124 valence electrons. The molecule has 1 aliphatic rings. The number of halogens is 2. The molecule has 3 rings (SSSR count). The molecule has 1 atom stereocenters. The monoisotopic (exact) mass is 362 g/mol. The molecule has 1 heterocycles. The smallest absolute Gasteiger partial charge is 0.229 e. The van der Waals surface area contributed by atoms with E-state index >= 15 is 0 Å². The number of aryl methyl sites for hydroxylation is 1. The maximum Gasteiger partial charge on any atom is 0.229 e. The molecule has 1 N–H and O–H groups in total. The van der Waals surface area contributed by atoms with Crippen molar-refractivity contribution in [2.24, 2.45) is 5.92 Å². The van der Waals surface area contributed by atoms with E-state index in [0.29, 0.717) is 22.3 Å². The van der Waals surface area contributed by atoms with E-state index in [1.165, 1.54) is 0 Å². The number of nitrogens with one attached hydrogen (secondary N) is 1. The average Bonchev–Trinajstić information content (AvgIpc) is 2.88. The molecule has 1 unspecified atom stereocenters. The first-order valence-corrected chi connectivity index (χ1v) is 8.32. The van der Waals surface area contributed by atoms with Gasteiger partial charge in [-0.25, -0.2) is 0 Å². The highest BCUT2D eigenvalue weighted by Gasteiger charge is 2.35. The fraction of sp³-hybridized carbons (Fsp3) is 0.222. The fourth-order valence-corrected chi connectivity index (χ4v) is 3.32. The van der Waals surface area contributed by atoms with Gasteiger partial charge in [0.25, 0.3) is 0 Å². The van der Waals surface area contributed by atoms with Gasteiger partial charge in [0.2, 0.25) is 11.8 Å². The summed E-state index contributed by atoms with van der Waals surface area (Å²) in [7, 11) is 0. The quantitative estimate of drug-likeness (QED) is 0.884. The minimum Gasteiger partial charge on any atom is -0.326 e. The van der Waals surface area contributed by atoms with Crippen molar-refractivity contribution in [1.82, 2.24) is 0 Å². The lowest BCUT2D eigenvalue weighted by molar-refractivity contribution is -0.122. The van der Waals surface area contributed by atoms with Gasteiger partial charge < -0.3 is 10.2 Å². The molecular formula is C18H16Cl2N2O2. The highest BCUT2D eigenvalue weighted by molar-refractivity contribution is 6.35. The summed E-state index contributed by atoms with van der Waals surface area (Å²) in [5.41, 5.74) is 2.42. The molecule has 2 amide bonds. The zero-order chi connectivity index (χ0) is 17.3. The fourth-order valence-electron chi connectivity index (χ4n) is 2.80. The molecule has 4 nitrogen and oxygen atoms in total. The van der Waals surface area contributed by atoms with Crippen LogP contribution in [0.1, 0.15) is 12.0 Å². The van der Waals surface area contributed by atoms with Gasteiger partial charge in [0, 0.05) is 34.4 Å². The van der Waals surface area contributed by atoms with E-state index in [0.717, 1.165) is 11.3 Å². The lowest BCUT2D eigenvalue weighted by Crippen LogP contribution is -2.28. The van der Waals surface area contributed by atoms with Crippen molar-refractivity contribution in [3.63, 3.8) is 0 Å². The third-order valence-electron chi connectivity index (χ3n) is 3.94. The van der Waals surface area contributed by atoms with E-state index in [9.17, 15) is 9.59 Å². The first-order chi connectivity index (χ1) is 11.4. The number of benzene rings is 2. The number of anilines is 2. The van der Waals surface area contributed by atoms with Gasteiger partial charge in [-0.1, -0.05) is 35.3 Å². The number of carbonyl (C=O) groups is 2. The number of hydrogen-bond donors (Lipinski definition) is 1. The van der Waals surface area contributed by atoms with Crippen LogP contribution in [0.25, 0.3) is 0 Å². The van der Waals surface area contributed by atoms with Gasteiger partial charge in [0.1, 0.15) is 0 Å². The van der Waals surface area contributed by atoms with Gasteiger partial charge in [-0.05, 0) is 42.8 Å². The third kappa shape index (κ3) is 3.71. The molecule has 24 heavy (non-hydrogen) atoms. The summed E-state index contributed by atoms with van der Waals surface area (Å²) in [6, 6.07) is 12.5. The van der Waals surface area contributed by atoms with Gasteiger partial charge in [-0.3, -0.25) is 9.59 Å². The highest BCUT2D eigenvalue weighted by atomic mass is 35.5. The Morgan fingerprint density at radius 3 is 2.54 bits per heavy atom. The summed E-state index contributed by atoms with van der Waals surface area (Å²) < 4.78 is 0. The molecule has 0 radical (unpaired) electrons. The molecule has 0 aromatic heterocycles. The van der Waals surface area contributed by atoms with Crippen molar-refractivity contribution >= 4 is 46.4 Å². The molecule has 1 aliphatic heterocycles. The van der Waals surface area contributed by atoms with Crippen molar-refractivity contribution in [2.75, 3.05) is 16.8 Å². The van der Waals surface area contributed by atoms with Gasteiger partial charge >= 0.3 is 0 Å². The molecule has 6 heteroatoms. The van der Waals surface area contributed by atoms with Crippen molar-refractivity contribution in [1.29, 1.82) is 0 Å². The summed E-state index contributed by atoms with van der Waals surface area (Å²) in [5, 5.41) is 3.67. The molecule has 2 aromatic carbocycles. The van der Waals surface area contributed by atoms with E-state index in [1.807, 2.05) is 31.2 Å². The van der Waals surface area contributed by atoms with Gasteiger partial charge in [-0.15, -0.1) is 0 Å². The van der Waals surface area contributed by atoms with Crippen LogP contribution < -0.4 is 10.2 Å². The minimum absolute atomic E-state index is 0.0510. The Kier molecular flexibility index (Phi) is 4.78. The Hall–Kier alpha value is -2.04. The normalized spacial score (nSPS) is 17.2. The van der Waals surface area contributed by atoms with Crippen molar-refractivity contribution in [3.8, 4) is 0 Å². The van der Waals surface area contributed by atoms with Crippen LogP contribution in [0.5, 0.6) is 0 Å². The van der Waals surface area contributed by atoms with E-state index in [-0.39, 0.29) is 18.2 Å². The lowest BCUT2D eigenvalue weighted by Gasteiger charge is -2.17. The van der Waals surface area contributed by atoms with Crippen LogP contribution in [0.15, 0.2) is 42.5 Å². The second-order valence-electron chi connectivity index (χ2n) is 5.89. The van der Waals surface area contributed by atoms with Crippen LogP contribution in [-0.4, -0.2) is 18.4 Å². The number of carbonyl (C=O) groups excluding carboxylic acids is 2. The highest BCUT2D eigenvalue weighted by Crippen LogP contribution is 2.28. The number of hydrogen-bond acceptors (Lipinski definition) is 2. The molecule has 0 aliphatic carbocycles. The molecule has 1 fully saturated rings. The second-order valence-corrected chi connectivity index (χ2v) is 6.76. The van der Waals surface area contributed by atoms with Crippen LogP contribution in [0.4, 0.5) is 11.4 Å².